The largest absolute Gasteiger partial charge is 0.451 e. The Bertz CT molecular complexity index is 1430. The van der Waals surface area contributed by atoms with Crippen molar-refractivity contribution in [2.45, 2.75) is 36.1 Å². The van der Waals surface area contributed by atoms with Gasteiger partial charge in [0.15, 0.2) is 27.4 Å². The van der Waals surface area contributed by atoms with Crippen LogP contribution in [0.15, 0.2) is 84.6 Å². The molecule has 5 rings (SSSR count). The smallest absolute Gasteiger partial charge is 0.331 e. The molecule has 2 saturated heterocycles. The summed E-state index contributed by atoms with van der Waals surface area (Å²) >= 11 is 0. The molecule has 0 bridgehead atoms. The van der Waals surface area contributed by atoms with Gasteiger partial charge in [0, 0.05) is 11.9 Å². The molecule has 0 unspecified atom stereocenters. The number of hydrogen-bond acceptors (Lipinski definition) is 7. The second-order valence-corrected chi connectivity index (χ2v) is 12.0. The molecule has 2 atom stereocenters. The monoisotopic (exact) mass is 503 g/mol. The van der Waals surface area contributed by atoms with Crippen LogP contribution in [-0.2, 0) is 24.2 Å². The minimum Gasteiger partial charge on any atom is -0.451 e. The summed E-state index contributed by atoms with van der Waals surface area (Å²) in [5.74, 6) is -1.32. The Hall–Kier alpha value is -3.98. The molecule has 0 aliphatic carbocycles. The third-order valence-electron chi connectivity index (χ3n) is 6.73. The van der Waals surface area contributed by atoms with E-state index in [9.17, 15) is 18.0 Å². The van der Waals surface area contributed by atoms with Crippen LogP contribution >= 0.6 is 0 Å². The summed E-state index contributed by atoms with van der Waals surface area (Å²) in [6.45, 7) is 2.91. The fourth-order valence-corrected chi connectivity index (χ4v) is 6.91. The van der Waals surface area contributed by atoms with Crippen molar-refractivity contribution < 1.29 is 22.7 Å². The Morgan fingerprint density at radius 1 is 1.06 bits per heavy atom. The van der Waals surface area contributed by atoms with Crippen molar-refractivity contribution in [1.82, 2.24) is 9.88 Å². The van der Waals surface area contributed by atoms with E-state index in [1.807, 2.05) is 60.7 Å². The van der Waals surface area contributed by atoms with Crippen LogP contribution in [0.4, 0.5) is 5.69 Å². The van der Waals surface area contributed by atoms with Gasteiger partial charge in [-0.3, -0.25) is 9.78 Å². The van der Waals surface area contributed by atoms with E-state index in [2.05, 4.69) is 4.98 Å². The average molecular weight is 504 g/mol. The molecule has 3 heterocycles. The summed E-state index contributed by atoms with van der Waals surface area (Å²) in [7, 11) is -3.96. The number of nitrogen functional groups attached to an aromatic ring is 1. The molecule has 36 heavy (non-hydrogen) atoms. The Morgan fingerprint density at radius 2 is 1.64 bits per heavy atom. The number of fused-ring (bicyclic) bond motifs is 1. The van der Waals surface area contributed by atoms with Gasteiger partial charge in [-0.2, -0.15) is 0 Å². The highest BCUT2D eigenvalue weighted by atomic mass is 32.2. The van der Waals surface area contributed by atoms with Crippen LogP contribution in [0.25, 0.3) is 6.08 Å². The first-order valence-corrected chi connectivity index (χ1v) is 13.0. The highest BCUT2D eigenvalue weighted by Crippen LogP contribution is 2.49. The van der Waals surface area contributed by atoms with Crippen molar-refractivity contribution in [3.63, 3.8) is 0 Å². The van der Waals surface area contributed by atoms with Gasteiger partial charge in [-0.05, 0) is 43.2 Å². The van der Waals surface area contributed by atoms with Crippen LogP contribution in [0, 0.1) is 0 Å². The van der Waals surface area contributed by atoms with E-state index >= 15 is 0 Å². The Labute approximate surface area is 209 Å². The van der Waals surface area contributed by atoms with E-state index in [1.165, 1.54) is 26.1 Å². The van der Waals surface area contributed by atoms with E-state index in [0.29, 0.717) is 11.4 Å². The Kier molecular flexibility index (Phi) is 5.67. The third-order valence-corrected chi connectivity index (χ3v) is 9.49. The van der Waals surface area contributed by atoms with Gasteiger partial charge in [-0.1, -0.05) is 60.7 Å². The summed E-state index contributed by atoms with van der Waals surface area (Å²) in [6.07, 6.45) is 2.13. The summed E-state index contributed by atoms with van der Waals surface area (Å²) in [6, 6.07) is 20.2. The van der Waals surface area contributed by atoms with Gasteiger partial charge >= 0.3 is 5.97 Å². The van der Waals surface area contributed by atoms with Gasteiger partial charge in [0.25, 0.3) is 5.91 Å². The predicted octanol–water partition coefficient (Wildman–Crippen LogP) is 3.12. The van der Waals surface area contributed by atoms with Crippen molar-refractivity contribution >= 4 is 33.5 Å². The van der Waals surface area contributed by atoms with Gasteiger partial charge in [-0.15, -0.1) is 0 Å². The lowest BCUT2D eigenvalue weighted by atomic mass is 9.94. The van der Waals surface area contributed by atoms with E-state index in [0.717, 1.165) is 16.0 Å². The molecule has 2 N–H and O–H groups in total. The maximum atomic E-state index is 13.6. The van der Waals surface area contributed by atoms with Gasteiger partial charge < -0.3 is 15.4 Å². The van der Waals surface area contributed by atoms with E-state index in [1.54, 1.807) is 12.1 Å². The number of carbonyl (C=O) groups excluding carboxylic acids is 2. The lowest BCUT2D eigenvalue weighted by Crippen LogP contribution is -2.59. The van der Waals surface area contributed by atoms with Crippen molar-refractivity contribution in [3.05, 3.63) is 101 Å². The number of rotatable bonds is 5. The number of amides is 1. The van der Waals surface area contributed by atoms with E-state index in [4.69, 9.17) is 10.5 Å². The maximum Gasteiger partial charge on any atom is 0.331 e. The lowest BCUT2D eigenvalue weighted by Gasteiger charge is -2.38. The van der Waals surface area contributed by atoms with Crippen molar-refractivity contribution in [1.29, 1.82) is 0 Å². The molecule has 0 saturated carbocycles. The molecule has 2 aromatic carbocycles. The molecule has 2 aliphatic heterocycles. The van der Waals surface area contributed by atoms with Crippen LogP contribution in [0.5, 0.6) is 0 Å². The SMILES string of the molecule is CC1(C)[C@H](C(=O)OC(c2ccccc2)c2ccccc2)N2C(=O)/C(=C/c3cc(N)ccn3)[C@H]2S1(=O)=O. The van der Waals surface area contributed by atoms with Crippen LogP contribution in [0.1, 0.15) is 36.8 Å². The molecule has 184 valence electrons. The number of pyridine rings is 1. The topological polar surface area (TPSA) is 120 Å². The first-order chi connectivity index (χ1) is 17.1. The Balaban J connectivity index is 1.50. The van der Waals surface area contributed by atoms with Crippen LogP contribution < -0.4 is 5.73 Å². The number of nitrogens with two attached hydrogens (primary N) is 1. The zero-order chi connectivity index (χ0) is 25.7. The first-order valence-electron chi connectivity index (χ1n) is 11.4. The summed E-state index contributed by atoms with van der Waals surface area (Å²) in [5, 5.41) is -1.26. The van der Waals surface area contributed by atoms with Crippen molar-refractivity contribution in [2.24, 2.45) is 0 Å². The summed E-state index contributed by atoms with van der Waals surface area (Å²) in [4.78, 5) is 32.1. The number of carbonyl (C=O) groups is 2. The van der Waals surface area contributed by atoms with Gasteiger partial charge in [0.1, 0.15) is 4.75 Å². The number of β-lactam (4-membered cyclic amide) rings is 1. The molecule has 0 radical (unpaired) electrons. The molecule has 1 amide bonds. The third kappa shape index (κ3) is 3.67. The molecular weight excluding hydrogens is 478 g/mol. The Morgan fingerprint density at radius 3 is 2.19 bits per heavy atom. The molecule has 8 nitrogen and oxygen atoms in total. The van der Waals surface area contributed by atoms with Crippen molar-refractivity contribution in [2.75, 3.05) is 5.73 Å². The van der Waals surface area contributed by atoms with Crippen LogP contribution in [0.2, 0.25) is 0 Å². The standard InChI is InChI=1S/C27H25N3O5S/c1-27(2)23(26(32)35-22(17-9-5-3-6-10-17)18-11-7-4-8-12-18)30-24(31)21(25(30)36(27,33)34)16-20-15-19(28)13-14-29-20/h3-16,22-23,25H,1-2H3,(H2,28,29)/b21-16-/t23-,25+/m0/s1. The van der Waals surface area contributed by atoms with Gasteiger partial charge in [0.2, 0.25) is 0 Å². The zero-order valence-corrected chi connectivity index (χ0v) is 20.6. The van der Waals surface area contributed by atoms with E-state index in [-0.39, 0.29) is 5.57 Å². The molecule has 9 heteroatoms. The maximum absolute atomic E-state index is 13.6. The average Bonchev–Trinajstić information content (AvgIpc) is 3.01. The quantitative estimate of drug-likeness (QED) is 0.323. The molecule has 2 aliphatic rings. The number of aromatic nitrogens is 1. The number of hydrogen-bond donors (Lipinski definition) is 1. The number of esters is 1. The number of ether oxygens (including phenoxy) is 1. The molecule has 3 aromatic rings. The van der Waals surface area contributed by atoms with Gasteiger partial charge in [-0.25, -0.2) is 13.2 Å². The highest BCUT2D eigenvalue weighted by Gasteiger charge is 2.70. The lowest BCUT2D eigenvalue weighted by molar-refractivity contribution is -0.160. The molecular formula is C27H25N3O5S. The zero-order valence-electron chi connectivity index (χ0n) is 19.7. The molecule has 0 spiro atoms. The number of nitrogens with zero attached hydrogens (tertiary/aromatic N) is 2. The predicted molar refractivity (Wildman–Crippen MR) is 135 cm³/mol. The molecule has 2 fully saturated rings. The van der Waals surface area contributed by atoms with Gasteiger partial charge in [0.05, 0.1) is 11.3 Å². The number of sulfone groups is 1. The van der Waals surface area contributed by atoms with Crippen LogP contribution in [0.3, 0.4) is 0 Å². The number of benzene rings is 2. The highest BCUT2D eigenvalue weighted by molar-refractivity contribution is 7.94. The summed E-state index contributed by atoms with van der Waals surface area (Å²) in [5.41, 5.74) is 8.11. The van der Waals surface area contributed by atoms with Crippen LogP contribution in [-0.4, -0.2) is 46.3 Å². The minimum atomic E-state index is -3.96. The fraction of sp³-hybridized carbons (Fsp3) is 0.222. The van der Waals surface area contributed by atoms with E-state index < -0.39 is 44.0 Å². The second kappa shape index (κ2) is 8.60. The molecule has 1 aromatic heterocycles. The fourth-order valence-electron chi connectivity index (χ4n) is 4.79. The second-order valence-electron chi connectivity index (χ2n) is 9.37. The minimum absolute atomic E-state index is 0.0548. The normalized spacial score (nSPS) is 22.8. The van der Waals surface area contributed by atoms with Crippen molar-refractivity contribution in [3.8, 4) is 0 Å². The number of anilines is 1. The first kappa shape index (κ1) is 23.7. The summed E-state index contributed by atoms with van der Waals surface area (Å²) < 4.78 is 31.5.